The van der Waals surface area contributed by atoms with Crippen molar-refractivity contribution < 1.29 is 18.3 Å². The maximum atomic E-state index is 13.3. The molecular formula is C13H16BrF2NO2. The minimum atomic E-state index is -0.701. The molecule has 0 heterocycles. The summed E-state index contributed by atoms with van der Waals surface area (Å²) in [6.07, 6.45) is 0.384. The van der Waals surface area contributed by atoms with Crippen molar-refractivity contribution in [1.82, 2.24) is 5.32 Å². The fraction of sp³-hybridized carbons (Fsp3) is 0.462. The van der Waals surface area contributed by atoms with E-state index >= 15 is 0 Å². The highest BCUT2D eigenvalue weighted by Gasteiger charge is 2.13. The molecule has 1 aromatic carbocycles. The van der Waals surface area contributed by atoms with Gasteiger partial charge >= 0.3 is 0 Å². The third kappa shape index (κ3) is 5.65. The van der Waals surface area contributed by atoms with E-state index in [0.29, 0.717) is 19.6 Å². The minimum absolute atomic E-state index is 0.142. The van der Waals surface area contributed by atoms with Crippen molar-refractivity contribution in [2.75, 3.05) is 20.3 Å². The number of alkyl halides is 1. The lowest BCUT2D eigenvalue weighted by molar-refractivity contribution is -0.120. The summed E-state index contributed by atoms with van der Waals surface area (Å²) in [7, 11) is 1.59. The van der Waals surface area contributed by atoms with Crippen molar-refractivity contribution >= 4 is 21.8 Å². The summed E-state index contributed by atoms with van der Waals surface area (Å²) in [5.41, 5.74) is -0.202. The van der Waals surface area contributed by atoms with E-state index < -0.39 is 17.5 Å². The fourth-order valence-electron chi connectivity index (χ4n) is 1.56. The van der Waals surface area contributed by atoms with Crippen LogP contribution in [-0.4, -0.2) is 31.0 Å². The Kier molecular flexibility index (Phi) is 6.94. The third-order valence-corrected chi connectivity index (χ3v) is 3.25. The molecule has 106 valence electrons. The average Bonchev–Trinajstić information content (AvgIpc) is 2.34. The predicted molar refractivity (Wildman–Crippen MR) is 72.3 cm³/mol. The van der Waals surface area contributed by atoms with Crippen LogP contribution in [0, 0.1) is 11.6 Å². The highest BCUT2D eigenvalue weighted by atomic mass is 79.9. The zero-order valence-electron chi connectivity index (χ0n) is 10.6. The average molecular weight is 336 g/mol. The number of carbonyl (C=O) groups excluding carboxylic acids is 1. The van der Waals surface area contributed by atoms with E-state index in [0.717, 1.165) is 12.1 Å². The van der Waals surface area contributed by atoms with Crippen LogP contribution >= 0.6 is 15.9 Å². The van der Waals surface area contributed by atoms with Crippen LogP contribution in [0.4, 0.5) is 8.78 Å². The molecule has 0 aromatic heterocycles. The number of nitrogens with one attached hydrogen (secondary N) is 1. The first-order valence-electron chi connectivity index (χ1n) is 5.87. The van der Waals surface area contributed by atoms with E-state index in [2.05, 4.69) is 21.2 Å². The number of rotatable bonds is 7. The van der Waals surface area contributed by atoms with Gasteiger partial charge in [0, 0.05) is 24.0 Å². The Balaban J connectivity index is 2.39. The second-order valence-corrected chi connectivity index (χ2v) is 5.36. The number of amides is 1. The highest BCUT2D eigenvalue weighted by molar-refractivity contribution is 9.09. The van der Waals surface area contributed by atoms with Crippen molar-refractivity contribution in [3.05, 3.63) is 35.4 Å². The van der Waals surface area contributed by atoms with Crippen LogP contribution in [0.3, 0.4) is 0 Å². The van der Waals surface area contributed by atoms with Gasteiger partial charge in [0.1, 0.15) is 11.6 Å². The molecule has 0 aliphatic rings. The van der Waals surface area contributed by atoms with E-state index in [1.54, 1.807) is 7.11 Å². The lowest BCUT2D eigenvalue weighted by Gasteiger charge is -2.10. The van der Waals surface area contributed by atoms with Crippen LogP contribution in [-0.2, 0) is 16.0 Å². The van der Waals surface area contributed by atoms with Crippen LogP contribution in [0.15, 0.2) is 18.2 Å². The molecule has 0 radical (unpaired) electrons. The van der Waals surface area contributed by atoms with Gasteiger partial charge < -0.3 is 10.1 Å². The standard InChI is InChI=1S/C13H16BrF2NO2/c1-19-8-9(14)5-6-17-13(18)7-10-11(15)3-2-4-12(10)16/h2-4,9H,5-8H2,1H3,(H,17,18). The number of hydrogen-bond donors (Lipinski definition) is 1. The summed E-state index contributed by atoms with van der Waals surface area (Å²) >= 11 is 3.38. The zero-order valence-corrected chi connectivity index (χ0v) is 12.2. The Bertz CT molecular complexity index is 409. The first kappa shape index (κ1) is 16.0. The zero-order chi connectivity index (χ0) is 14.3. The molecule has 0 aliphatic carbocycles. The van der Waals surface area contributed by atoms with Gasteiger partial charge in [0.15, 0.2) is 0 Å². The first-order chi connectivity index (χ1) is 9.04. The Morgan fingerprint density at radius 2 is 2.05 bits per heavy atom. The number of ether oxygens (including phenoxy) is 1. The summed E-state index contributed by atoms with van der Waals surface area (Å²) < 4.78 is 31.6. The Morgan fingerprint density at radius 1 is 1.42 bits per heavy atom. The molecule has 0 saturated heterocycles. The van der Waals surface area contributed by atoms with Crippen LogP contribution in [0.1, 0.15) is 12.0 Å². The molecule has 0 aliphatic heterocycles. The molecule has 1 atom stereocenters. The predicted octanol–water partition coefficient (Wildman–Crippen LogP) is 2.42. The molecule has 1 unspecified atom stereocenters. The van der Waals surface area contributed by atoms with E-state index in [4.69, 9.17) is 4.74 Å². The van der Waals surface area contributed by atoms with Crippen molar-refractivity contribution in [2.45, 2.75) is 17.7 Å². The smallest absolute Gasteiger partial charge is 0.224 e. The van der Waals surface area contributed by atoms with Crippen molar-refractivity contribution in [3.63, 3.8) is 0 Å². The number of benzene rings is 1. The van der Waals surface area contributed by atoms with Gasteiger partial charge in [-0.15, -0.1) is 0 Å². The van der Waals surface area contributed by atoms with E-state index in [1.165, 1.54) is 6.07 Å². The van der Waals surface area contributed by atoms with E-state index in [-0.39, 0.29) is 16.8 Å². The molecule has 1 amide bonds. The molecule has 19 heavy (non-hydrogen) atoms. The molecule has 0 saturated carbocycles. The van der Waals surface area contributed by atoms with Crippen LogP contribution in [0.5, 0.6) is 0 Å². The summed E-state index contributed by atoms with van der Waals surface area (Å²) in [4.78, 5) is 11.7. The molecule has 1 rings (SSSR count). The van der Waals surface area contributed by atoms with Gasteiger partial charge in [0.05, 0.1) is 13.0 Å². The maximum Gasteiger partial charge on any atom is 0.224 e. The quantitative estimate of drug-likeness (QED) is 0.777. The Labute approximate surface area is 119 Å². The molecule has 6 heteroatoms. The third-order valence-electron chi connectivity index (χ3n) is 2.53. The number of methoxy groups -OCH3 is 1. The molecule has 1 aromatic rings. The van der Waals surface area contributed by atoms with Crippen molar-refractivity contribution in [3.8, 4) is 0 Å². The summed E-state index contributed by atoms with van der Waals surface area (Å²) in [5, 5.41) is 2.62. The summed E-state index contributed by atoms with van der Waals surface area (Å²) in [6, 6.07) is 3.55. The molecule has 0 fully saturated rings. The van der Waals surface area contributed by atoms with E-state index in [1.807, 2.05) is 0 Å². The molecule has 3 nitrogen and oxygen atoms in total. The first-order valence-corrected chi connectivity index (χ1v) is 6.78. The van der Waals surface area contributed by atoms with Crippen molar-refractivity contribution in [1.29, 1.82) is 0 Å². The normalized spacial score (nSPS) is 12.2. The van der Waals surface area contributed by atoms with Gasteiger partial charge in [-0.05, 0) is 18.6 Å². The fourth-order valence-corrected chi connectivity index (χ4v) is 2.05. The van der Waals surface area contributed by atoms with E-state index in [9.17, 15) is 13.6 Å². The molecular weight excluding hydrogens is 320 g/mol. The highest BCUT2D eigenvalue weighted by Crippen LogP contribution is 2.12. The van der Waals surface area contributed by atoms with Gasteiger partial charge in [-0.25, -0.2) is 8.78 Å². The largest absolute Gasteiger partial charge is 0.384 e. The monoisotopic (exact) mass is 335 g/mol. The summed E-state index contributed by atoms with van der Waals surface area (Å²) in [6.45, 7) is 0.964. The van der Waals surface area contributed by atoms with Gasteiger partial charge in [-0.2, -0.15) is 0 Å². The Hall–Kier alpha value is -1.01. The second-order valence-electron chi connectivity index (χ2n) is 4.07. The maximum absolute atomic E-state index is 13.3. The second kappa shape index (κ2) is 8.22. The topological polar surface area (TPSA) is 38.3 Å². The van der Waals surface area contributed by atoms with Crippen LogP contribution < -0.4 is 5.32 Å². The number of hydrogen-bond acceptors (Lipinski definition) is 2. The minimum Gasteiger partial charge on any atom is -0.384 e. The molecule has 0 spiro atoms. The SMILES string of the molecule is COCC(Br)CCNC(=O)Cc1c(F)cccc1F. The molecule has 1 N–H and O–H groups in total. The van der Waals surface area contributed by atoms with Crippen LogP contribution in [0.2, 0.25) is 0 Å². The molecule has 0 bridgehead atoms. The van der Waals surface area contributed by atoms with Gasteiger partial charge in [0.2, 0.25) is 5.91 Å². The van der Waals surface area contributed by atoms with Gasteiger partial charge in [0.25, 0.3) is 0 Å². The summed E-state index contributed by atoms with van der Waals surface area (Å²) in [5.74, 6) is -1.80. The number of carbonyl (C=O) groups is 1. The lowest BCUT2D eigenvalue weighted by Crippen LogP contribution is -2.28. The Morgan fingerprint density at radius 3 is 2.63 bits per heavy atom. The van der Waals surface area contributed by atoms with Gasteiger partial charge in [-0.3, -0.25) is 4.79 Å². The lowest BCUT2D eigenvalue weighted by atomic mass is 10.1. The van der Waals surface area contributed by atoms with Gasteiger partial charge in [-0.1, -0.05) is 22.0 Å². The number of halogens is 3. The van der Waals surface area contributed by atoms with Crippen molar-refractivity contribution in [2.24, 2.45) is 0 Å². The van der Waals surface area contributed by atoms with Crippen LogP contribution in [0.25, 0.3) is 0 Å².